The Morgan fingerprint density at radius 3 is 2.47 bits per heavy atom. The smallest absolute Gasteiger partial charge is 0.387 e. The molecule has 1 rings (SSSR count). The highest BCUT2D eigenvalue weighted by molar-refractivity contribution is 5.17. The molecular weight excluding hydrogens is 235 g/mol. The van der Waals surface area contributed by atoms with E-state index in [-0.39, 0.29) is 13.1 Å². The molecule has 1 unspecified atom stereocenters. The molecular formula is C11H14F3NO2. The summed E-state index contributed by atoms with van der Waals surface area (Å²) < 4.78 is 38.4. The zero-order valence-electron chi connectivity index (χ0n) is 9.07. The molecule has 17 heavy (non-hydrogen) atoms. The summed E-state index contributed by atoms with van der Waals surface area (Å²) in [6.07, 6.45) is -5.33. The van der Waals surface area contributed by atoms with Gasteiger partial charge in [0.2, 0.25) is 0 Å². The maximum absolute atomic E-state index is 11.6. The first-order valence-electron chi connectivity index (χ1n) is 5.13. The van der Waals surface area contributed by atoms with Gasteiger partial charge in [0, 0.05) is 13.1 Å². The molecule has 0 fully saturated rings. The van der Waals surface area contributed by atoms with Gasteiger partial charge in [-0.3, -0.25) is 4.74 Å². The van der Waals surface area contributed by atoms with Gasteiger partial charge in [-0.25, -0.2) is 0 Å². The monoisotopic (exact) mass is 249 g/mol. The number of nitrogens with one attached hydrogen (secondary N) is 1. The van der Waals surface area contributed by atoms with Crippen molar-refractivity contribution in [1.29, 1.82) is 0 Å². The maximum atomic E-state index is 11.6. The van der Waals surface area contributed by atoms with Crippen LogP contribution < -0.4 is 5.32 Å². The molecule has 0 aliphatic rings. The van der Waals surface area contributed by atoms with E-state index in [1.54, 1.807) is 24.3 Å². The first-order chi connectivity index (χ1) is 7.99. The van der Waals surface area contributed by atoms with E-state index in [2.05, 4.69) is 10.1 Å². The Morgan fingerprint density at radius 1 is 1.24 bits per heavy atom. The molecule has 0 aliphatic heterocycles. The zero-order chi connectivity index (χ0) is 12.7. The second-order valence-electron chi connectivity index (χ2n) is 3.42. The molecule has 1 atom stereocenters. The van der Waals surface area contributed by atoms with Gasteiger partial charge in [0.15, 0.2) is 0 Å². The van der Waals surface area contributed by atoms with Crippen LogP contribution in [0.2, 0.25) is 0 Å². The van der Waals surface area contributed by atoms with Gasteiger partial charge in [-0.2, -0.15) is 0 Å². The summed E-state index contributed by atoms with van der Waals surface area (Å²) in [6, 6.07) is 8.88. The molecule has 1 aromatic rings. The number of rotatable bonds is 6. The summed E-state index contributed by atoms with van der Waals surface area (Å²) in [7, 11) is 0. The van der Waals surface area contributed by atoms with Gasteiger partial charge in [-0.05, 0) is 5.56 Å². The summed E-state index contributed by atoms with van der Waals surface area (Å²) in [6.45, 7) is -0.250. The molecule has 0 aliphatic carbocycles. The molecule has 0 heterocycles. The predicted octanol–water partition coefficient (Wildman–Crippen LogP) is 1.85. The van der Waals surface area contributed by atoms with Gasteiger partial charge in [-0.15, -0.1) is 13.2 Å². The Morgan fingerprint density at radius 2 is 1.88 bits per heavy atom. The fourth-order valence-electron chi connectivity index (χ4n) is 1.27. The number of benzene rings is 1. The summed E-state index contributed by atoms with van der Waals surface area (Å²) in [5.41, 5.74) is 0.719. The van der Waals surface area contributed by atoms with Crippen molar-refractivity contribution in [1.82, 2.24) is 5.32 Å². The van der Waals surface area contributed by atoms with Crippen molar-refractivity contribution < 1.29 is 23.0 Å². The fraction of sp³-hybridized carbons (Fsp3) is 0.455. The quantitative estimate of drug-likeness (QED) is 0.756. The lowest BCUT2D eigenvalue weighted by Gasteiger charge is -2.12. The highest BCUT2D eigenvalue weighted by Crippen LogP contribution is 2.15. The highest BCUT2D eigenvalue weighted by atomic mass is 19.4. The Bertz CT molecular complexity index is 316. The molecule has 0 bridgehead atoms. The molecule has 96 valence electrons. The van der Waals surface area contributed by atoms with Gasteiger partial charge >= 0.3 is 6.36 Å². The molecule has 3 nitrogen and oxygen atoms in total. The van der Waals surface area contributed by atoms with Crippen LogP contribution in [-0.2, 0) is 4.74 Å². The van der Waals surface area contributed by atoms with E-state index < -0.39 is 19.1 Å². The van der Waals surface area contributed by atoms with E-state index >= 15 is 0 Å². The summed E-state index contributed by atoms with van der Waals surface area (Å²) in [4.78, 5) is 0. The number of halogens is 3. The molecule has 0 saturated heterocycles. The molecule has 0 amide bonds. The van der Waals surface area contributed by atoms with Crippen molar-refractivity contribution in [3.8, 4) is 0 Å². The lowest BCUT2D eigenvalue weighted by atomic mass is 10.1. The molecule has 0 spiro atoms. The summed E-state index contributed by atoms with van der Waals surface area (Å²) >= 11 is 0. The van der Waals surface area contributed by atoms with Crippen LogP contribution in [0, 0.1) is 0 Å². The van der Waals surface area contributed by atoms with Crippen LogP contribution in [0.25, 0.3) is 0 Å². The van der Waals surface area contributed by atoms with Crippen LogP contribution in [0.5, 0.6) is 0 Å². The van der Waals surface area contributed by atoms with E-state index in [1.165, 1.54) is 0 Å². The number of ether oxygens (including phenoxy) is 1. The van der Waals surface area contributed by atoms with Crippen LogP contribution >= 0.6 is 0 Å². The van der Waals surface area contributed by atoms with Crippen LogP contribution in [-0.4, -0.2) is 31.2 Å². The fourth-order valence-corrected chi connectivity index (χ4v) is 1.27. The van der Waals surface area contributed by atoms with Crippen molar-refractivity contribution in [3.63, 3.8) is 0 Å². The second-order valence-corrected chi connectivity index (χ2v) is 3.42. The number of hydrogen-bond acceptors (Lipinski definition) is 3. The molecule has 2 N–H and O–H groups in total. The van der Waals surface area contributed by atoms with Gasteiger partial charge < -0.3 is 10.4 Å². The minimum atomic E-state index is -4.60. The van der Waals surface area contributed by atoms with Crippen molar-refractivity contribution in [2.24, 2.45) is 0 Å². The van der Waals surface area contributed by atoms with Crippen molar-refractivity contribution in [3.05, 3.63) is 35.9 Å². The minimum Gasteiger partial charge on any atom is -0.387 e. The third-order valence-corrected chi connectivity index (χ3v) is 2.07. The summed E-state index contributed by atoms with van der Waals surface area (Å²) in [5, 5.41) is 12.3. The number of aliphatic hydroxyl groups excluding tert-OH is 1. The zero-order valence-corrected chi connectivity index (χ0v) is 9.07. The van der Waals surface area contributed by atoms with E-state index in [9.17, 15) is 18.3 Å². The van der Waals surface area contributed by atoms with E-state index in [4.69, 9.17) is 0 Å². The van der Waals surface area contributed by atoms with E-state index in [0.717, 1.165) is 5.56 Å². The Balaban J connectivity index is 2.15. The molecule has 0 radical (unpaired) electrons. The normalized spacial score (nSPS) is 13.6. The summed E-state index contributed by atoms with van der Waals surface area (Å²) in [5.74, 6) is 0. The molecule has 6 heteroatoms. The average Bonchev–Trinajstić information content (AvgIpc) is 2.28. The lowest BCUT2D eigenvalue weighted by molar-refractivity contribution is -0.323. The van der Waals surface area contributed by atoms with Gasteiger partial charge in [0.05, 0.1) is 12.7 Å². The lowest BCUT2D eigenvalue weighted by Crippen LogP contribution is -2.27. The van der Waals surface area contributed by atoms with Crippen LogP contribution in [0.4, 0.5) is 13.2 Å². The van der Waals surface area contributed by atoms with Crippen LogP contribution in [0.3, 0.4) is 0 Å². The molecule has 0 aromatic heterocycles. The first kappa shape index (κ1) is 14.0. The maximum Gasteiger partial charge on any atom is 0.522 e. The van der Waals surface area contributed by atoms with Crippen molar-refractivity contribution in [2.45, 2.75) is 12.5 Å². The molecule has 0 saturated carbocycles. The Kier molecular flexibility index (Phi) is 5.40. The second kappa shape index (κ2) is 6.58. The minimum absolute atomic E-state index is 0.0312. The topological polar surface area (TPSA) is 41.5 Å². The third-order valence-electron chi connectivity index (χ3n) is 2.07. The Labute approximate surface area is 97.2 Å². The van der Waals surface area contributed by atoms with Gasteiger partial charge in [-0.1, -0.05) is 30.3 Å². The average molecular weight is 249 g/mol. The number of hydrogen-bond donors (Lipinski definition) is 2. The number of aliphatic hydroxyl groups is 1. The van der Waals surface area contributed by atoms with E-state index in [0.29, 0.717) is 0 Å². The van der Waals surface area contributed by atoms with Gasteiger partial charge in [0.1, 0.15) is 0 Å². The largest absolute Gasteiger partial charge is 0.522 e. The number of alkyl halides is 3. The van der Waals surface area contributed by atoms with Crippen LogP contribution in [0.15, 0.2) is 30.3 Å². The standard InChI is InChI=1S/C11H14F3NO2/c12-11(13,14)17-7-6-15-8-10(16)9-4-2-1-3-5-9/h1-5,10,15-16H,6-8H2. The van der Waals surface area contributed by atoms with Crippen molar-refractivity contribution in [2.75, 3.05) is 19.7 Å². The van der Waals surface area contributed by atoms with Crippen LogP contribution in [0.1, 0.15) is 11.7 Å². The SMILES string of the molecule is OC(CNCCOC(F)(F)F)c1ccccc1. The van der Waals surface area contributed by atoms with E-state index in [1.807, 2.05) is 6.07 Å². The first-order valence-corrected chi connectivity index (χ1v) is 5.13. The van der Waals surface area contributed by atoms with Gasteiger partial charge in [0.25, 0.3) is 0 Å². The molecule has 1 aromatic carbocycles. The highest BCUT2D eigenvalue weighted by Gasteiger charge is 2.28. The predicted molar refractivity (Wildman–Crippen MR) is 56.3 cm³/mol. The van der Waals surface area contributed by atoms with Crippen molar-refractivity contribution >= 4 is 0 Å². The third kappa shape index (κ3) is 6.25. The Hall–Kier alpha value is -1.11.